The van der Waals surface area contributed by atoms with Gasteiger partial charge in [-0.1, -0.05) is 6.07 Å². The number of imide groups is 1. The zero-order valence-corrected chi connectivity index (χ0v) is 9.84. The number of benzene rings is 1. The van der Waals surface area contributed by atoms with Gasteiger partial charge in [-0.15, -0.1) is 0 Å². The van der Waals surface area contributed by atoms with Crippen LogP contribution in [0, 0.1) is 0 Å². The van der Waals surface area contributed by atoms with E-state index in [0.717, 1.165) is 4.90 Å². The molecule has 6 heteroatoms. The van der Waals surface area contributed by atoms with E-state index in [9.17, 15) is 14.4 Å². The molecule has 0 spiro atoms. The van der Waals surface area contributed by atoms with Gasteiger partial charge in [0, 0.05) is 18.3 Å². The number of carbonyl (C=O) groups is 3. The Morgan fingerprint density at radius 1 is 1.44 bits per heavy atom. The zero-order chi connectivity index (χ0) is 13.3. The predicted octanol–water partition coefficient (Wildman–Crippen LogP) is -0.244. The van der Waals surface area contributed by atoms with Crippen LogP contribution in [0.15, 0.2) is 24.3 Å². The maximum absolute atomic E-state index is 11.9. The van der Waals surface area contributed by atoms with Crippen molar-refractivity contribution in [1.29, 1.82) is 0 Å². The molecule has 1 heterocycles. The van der Waals surface area contributed by atoms with Gasteiger partial charge in [0.15, 0.2) is 0 Å². The number of carbonyl (C=O) groups excluding carboxylic acids is 3. The molecule has 1 atom stereocenters. The van der Waals surface area contributed by atoms with Crippen LogP contribution in [0.3, 0.4) is 0 Å². The molecule has 1 unspecified atom stereocenters. The van der Waals surface area contributed by atoms with Gasteiger partial charge in [0.05, 0.1) is 6.42 Å². The van der Waals surface area contributed by atoms with Gasteiger partial charge in [0.2, 0.25) is 5.91 Å². The quantitative estimate of drug-likeness (QED) is 0.557. The van der Waals surface area contributed by atoms with E-state index in [-0.39, 0.29) is 12.3 Å². The molecule has 18 heavy (non-hydrogen) atoms. The van der Waals surface area contributed by atoms with Gasteiger partial charge in [0.25, 0.3) is 11.8 Å². The Hall–Kier alpha value is -2.37. The molecule has 0 saturated carbocycles. The first-order valence-electron chi connectivity index (χ1n) is 5.46. The SMILES string of the molecule is CN1C(=O)CC(NC(=O)c2cccc(N)c2)C1=O. The van der Waals surface area contributed by atoms with E-state index in [1.165, 1.54) is 13.1 Å². The van der Waals surface area contributed by atoms with Crippen molar-refractivity contribution in [2.24, 2.45) is 0 Å². The minimum absolute atomic E-state index is 0.00336. The van der Waals surface area contributed by atoms with Crippen molar-refractivity contribution in [1.82, 2.24) is 10.2 Å². The van der Waals surface area contributed by atoms with Crippen molar-refractivity contribution < 1.29 is 14.4 Å². The van der Waals surface area contributed by atoms with E-state index in [0.29, 0.717) is 11.3 Å². The lowest BCUT2D eigenvalue weighted by Crippen LogP contribution is -2.40. The topological polar surface area (TPSA) is 92.5 Å². The van der Waals surface area contributed by atoms with Crippen LogP contribution >= 0.6 is 0 Å². The summed E-state index contributed by atoms with van der Waals surface area (Å²) in [6.07, 6.45) is 0.00336. The molecule has 3 amide bonds. The summed E-state index contributed by atoms with van der Waals surface area (Å²) in [6, 6.07) is 5.64. The van der Waals surface area contributed by atoms with Gasteiger partial charge in [0.1, 0.15) is 6.04 Å². The van der Waals surface area contributed by atoms with Crippen LogP contribution in [0.4, 0.5) is 5.69 Å². The van der Waals surface area contributed by atoms with E-state index in [4.69, 9.17) is 5.73 Å². The maximum atomic E-state index is 11.9. The lowest BCUT2D eigenvalue weighted by molar-refractivity contribution is -0.137. The van der Waals surface area contributed by atoms with Crippen molar-refractivity contribution in [3.8, 4) is 0 Å². The average molecular weight is 247 g/mol. The van der Waals surface area contributed by atoms with E-state index < -0.39 is 17.9 Å². The standard InChI is InChI=1S/C12H13N3O3/c1-15-10(16)6-9(12(15)18)14-11(17)7-3-2-4-8(13)5-7/h2-5,9H,6,13H2,1H3,(H,14,17). The van der Waals surface area contributed by atoms with Crippen LogP contribution in [-0.2, 0) is 9.59 Å². The number of nitrogen functional groups attached to an aromatic ring is 1. The number of nitrogens with one attached hydrogen (secondary N) is 1. The monoisotopic (exact) mass is 247 g/mol. The number of nitrogens with two attached hydrogens (primary N) is 1. The molecular formula is C12H13N3O3. The number of amides is 3. The molecule has 94 valence electrons. The number of rotatable bonds is 2. The highest BCUT2D eigenvalue weighted by atomic mass is 16.2. The summed E-state index contributed by atoms with van der Waals surface area (Å²) in [7, 11) is 1.40. The van der Waals surface area contributed by atoms with Gasteiger partial charge in [-0.25, -0.2) is 0 Å². The smallest absolute Gasteiger partial charge is 0.252 e. The minimum atomic E-state index is -0.781. The number of hydrogen-bond donors (Lipinski definition) is 2. The van der Waals surface area contributed by atoms with Crippen LogP contribution in [-0.4, -0.2) is 35.7 Å². The summed E-state index contributed by atoms with van der Waals surface area (Å²) in [5.74, 6) is -1.10. The summed E-state index contributed by atoms with van der Waals surface area (Å²) in [4.78, 5) is 35.8. The Kier molecular flexibility index (Phi) is 3.01. The fraction of sp³-hybridized carbons (Fsp3) is 0.250. The van der Waals surface area contributed by atoms with E-state index >= 15 is 0 Å². The van der Waals surface area contributed by atoms with E-state index in [2.05, 4.69) is 5.32 Å². The third-order valence-electron chi connectivity index (χ3n) is 2.84. The Balaban J connectivity index is 2.09. The van der Waals surface area contributed by atoms with Gasteiger partial charge < -0.3 is 11.1 Å². The summed E-state index contributed by atoms with van der Waals surface area (Å²) in [5, 5.41) is 2.53. The molecule has 0 bridgehead atoms. The molecule has 0 aliphatic carbocycles. The zero-order valence-electron chi connectivity index (χ0n) is 9.84. The third-order valence-corrected chi connectivity index (χ3v) is 2.84. The molecule has 3 N–H and O–H groups in total. The lowest BCUT2D eigenvalue weighted by atomic mass is 10.1. The van der Waals surface area contributed by atoms with Crippen molar-refractivity contribution in [3.63, 3.8) is 0 Å². The van der Waals surface area contributed by atoms with Crippen LogP contribution in [0.2, 0.25) is 0 Å². The number of anilines is 1. The van der Waals surface area contributed by atoms with Gasteiger partial charge in [-0.05, 0) is 18.2 Å². The second-order valence-corrected chi connectivity index (χ2v) is 4.15. The van der Waals surface area contributed by atoms with Crippen molar-refractivity contribution in [2.45, 2.75) is 12.5 Å². The Bertz CT molecular complexity index is 527. The number of likely N-dealkylation sites (tertiary alicyclic amines) is 1. The second kappa shape index (κ2) is 4.48. The van der Waals surface area contributed by atoms with Crippen LogP contribution in [0.25, 0.3) is 0 Å². The molecule has 1 aliphatic rings. The Morgan fingerprint density at radius 2 is 2.17 bits per heavy atom. The van der Waals surface area contributed by atoms with E-state index in [1.54, 1.807) is 18.2 Å². The molecule has 0 aromatic heterocycles. The molecule has 1 aliphatic heterocycles. The summed E-state index contributed by atoms with van der Waals surface area (Å²) in [6.45, 7) is 0. The van der Waals surface area contributed by atoms with Crippen LogP contribution in [0.5, 0.6) is 0 Å². The third kappa shape index (κ3) is 2.17. The fourth-order valence-corrected chi connectivity index (χ4v) is 1.79. The first-order valence-corrected chi connectivity index (χ1v) is 5.46. The van der Waals surface area contributed by atoms with Gasteiger partial charge in [-0.2, -0.15) is 0 Å². The predicted molar refractivity (Wildman–Crippen MR) is 64.5 cm³/mol. The molecule has 1 aromatic carbocycles. The Morgan fingerprint density at radius 3 is 2.72 bits per heavy atom. The van der Waals surface area contributed by atoms with Crippen molar-refractivity contribution in [3.05, 3.63) is 29.8 Å². The average Bonchev–Trinajstić information content (AvgIpc) is 2.57. The largest absolute Gasteiger partial charge is 0.399 e. The van der Waals surface area contributed by atoms with Crippen LogP contribution in [0.1, 0.15) is 16.8 Å². The number of likely N-dealkylation sites (N-methyl/N-ethyl adjacent to an activating group) is 1. The van der Waals surface area contributed by atoms with Gasteiger partial charge >= 0.3 is 0 Å². The highest BCUT2D eigenvalue weighted by Gasteiger charge is 2.36. The number of nitrogens with zero attached hydrogens (tertiary/aromatic N) is 1. The first-order chi connectivity index (χ1) is 8.49. The molecule has 1 fully saturated rings. The summed E-state index contributed by atoms with van der Waals surface area (Å²) in [5.41, 5.74) is 6.40. The van der Waals surface area contributed by atoms with Gasteiger partial charge in [-0.3, -0.25) is 19.3 Å². The highest BCUT2D eigenvalue weighted by Crippen LogP contribution is 2.12. The summed E-state index contributed by atoms with van der Waals surface area (Å²) >= 11 is 0. The van der Waals surface area contributed by atoms with Crippen LogP contribution < -0.4 is 11.1 Å². The molecule has 1 aromatic rings. The molecular weight excluding hydrogens is 234 g/mol. The normalized spacial score (nSPS) is 19.2. The fourth-order valence-electron chi connectivity index (χ4n) is 1.79. The number of hydrogen-bond acceptors (Lipinski definition) is 4. The second-order valence-electron chi connectivity index (χ2n) is 4.15. The molecule has 6 nitrogen and oxygen atoms in total. The molecule has 1 saturated heterocycles. The molecule has 0 radical (unpaired) electrons. The first kappa shape index (κ1) is 12.1. The lowest BCUT2D eigenvalue weighted by Gasteiger charge is -2.11. The van der Waals surface area contributed by atoms with Crippen molar-refractivity contribution in [2.75, 3.05) is 12.8 Å². The highest BCUT2D eigenvalue weighted by molar-refractivity contribution is 6.08. The maximum Gasteiger partial charge on any atom is 0.252 e. The molecule has 2 rings (SSSR count). The van der Waals surface area contributed by atoms with Crippen molar-refractivity contribution >= 4 is 23.4 Å². The Labute approximate surface area is 104 Å². The minimum Gasteiger partial charge on any atom is -0.399 e. The van der Waals surface area contributed by atoms with E-state index in [1.807, 2.05) is 0 Å². The summed E-state index contributed by atoms with van der Waals surface area (Å²) < 4.78 is 0.